The summed E-state index contributed by atoms with van der Waals surface area (Å²) in [5.41, 5.74) is 0.370. The zero-order valence-electron chi connectivity index (χ0n) is 15.1. The summed E-state index contributed by atoms with van der Waals surface area (Å²) < 4.78 is 37.0. The van der Waals surface area contributed by atoms with Gasteiger partial charge in [0.25, 0.3) is 0 Å². The maximum Gasteiger partial charge on any atom is 0.339 e. The molecule has 146 valence electrons. The van der Waals surface area contributed by atoms with Crippen molar-refractivity contribution >= 4 is 27.6 Å². The molecule has 1 amide bonds. The Labute approximate surface area is 155 Å². The lowest BCUT2D eigenvalue weighted by Crippen LogP contribution is -2.41. The van der Waals surface area contributed by atoms with Crippen molar-refractivity contribution in [2.45, 2.75) is 31.7 Å². The molecule has 0 radical (unpaired) electrons. The number of carboxylic acids is 1. The number of aromatic nitrogens is 1. The number of amides is 1. The van der Waals surface area contributed by atoms with Crippen LogP contribution in [0.5, 0.6) is 5.75 Å². The third-order valence-electron chi connectivity index (χ3n) is 3.66. The summed E-state index contributed by atoms with van der Waals surface area (Å²) in [4.78, 5) is 23.3. The summed E-state index contributed by atoms with van der Waals surface area (Å²) in [6, 6.07) is 2.86. The first kappa shape index (κ1) is 20.4. The van der Waals surface area contributed by atoms with Crippen LogP contribution in [0.4, 0.5) is 5.69 Å². The summed E-state index contributed by atoms with van der Waals surface area (Å²) in [7, 11) is -2.72. The summed E-state index contributed by atoms with van der Waals surface area (Å²) >= 11 is 0. The minimum Gasteiger partial charge on any atom is -0.496 e. The first-order valence-corrected chi connectivity index (χ1v) is 9.22. The highest BCUT2D eigenvalue weighted by atomic mass is 32.2. The number of nitrogens with zero attached hydrogens (tertiary/aromatic N) is 1. The first-order chi connectivity index (χ1) is 12.6. The fraction of sp³-hybridized carbons (Fsp3) is 0.312. The summed E-state index contributed by atoms with van der Waals surface area (Å²) in [6.45, 7) is 4.30. The second-order valence-electron chi connectivity index (χ2n) is 5.71. The number of aryl methyl sites for hydroxylation is 2. The van der Waals surface area contributed by atoms with Crippen molar-refractivity contribution in [3.8, 4) is 5.75 Å². The van der Waals surface area contributed by atoms with Gasteiger partial charge in [-0.1, -0.05) is 5.16 Å². The Morgan fingerprint density at radius 2 is 1.96 bits per heavy atom. The number of carboxylic acid groups (broad SMARTS) is 1. The number of sulfonamides is 1. The number of carbonyl (C=O) groups is 2. The molecule has 0 saturated heterocycles. The fourth-order valence-corrected chi connectivity index (χ4v) is 3.93. The van der Waals surface area contributed by atoms with E-state index in [0.717, 1.165) is 0 Å². The van der Waals surface area contributed by atoms with Gasteiger partial charge in [0.15, 0.2) is 5.76 Å². The molecule has 1 heterocycles. The van der Waals surface area contributed by atoms with Crippen molar-refractivity contribution < 1.29 is 32.4 Å². The lowest BCUT2D eigenvalue weighted by Gasteiger charge is -2.15. The van der Waals surface area contributed by atoms with E-state index >= 15 is 0 Å². The number of hydrogen-bond acceptors (Lipinski definition) is 7. The van der Waals surface area contributed by atoms with Crippen LogP contribution in [0.3, 0.4) is 0 Å². The normalized spacial score (nSPS) is 12.4. The molecule has 0 spiro atoms. The van der Waals surface area contributed by atoms with Gasteiger partial charge in [0.05, 0.1) is 13.2 Å². The molecule has 1 atom stereocenters. The number of carbonyl (C=O) groups excluding carboxylic acids is 1. The van der Waals surface area contributed by atoms with Gasteiger partial charge >= 0.3 is 5.97 Å². The van der Waals surface area contributed by atoms with E-state index in [1.54, 1.807) is 0 Å². The zero-order chi connectivity index (χ0) is 20.4. The smallest absolute Gasteiger partial charge is 0.339 e. The SMILES string of the molecule is COc1cc(NC(=O)C(C)NS(=O)(=O)c2c(C)noc2C)ccc1C(=O)O. The van der Waals surface area contributed by atoms with Gasteiger partial charge in [-0.05, 0) is 32.9 Å². The second kappa shape index (κ2) is 7.76. The molecule has 3 N–H and O–H groups in total. The van der Waals surface area contributed by atoms with Crippen molar-refractivity contribution in [3.63, 3.8) is 0 Å². The van der Waals surface area contributed by atoms with Crippen molar-refractivity contribution in [2.75, 3.05) is 12.4 Å². The molecule has 0 saturated carbocycles. The Morgan fingerprint density at radius 3 is 2.48 bits per heavy atom. The molecular formula is C16H19N3O7S. The van der Waals surface area contributed by atoms with Crippen LogP contribution < -0.4 is 14.8 Å². The topological polar surface area (TPSA) is 148 Å². The monoisotopic (exact) mass is 397 g/mol. The van der Waals surface area contributed by atoms with E-state index in [0.29, 0.717) is 0 Å². The van der Waals surface area contributed by atoms with Crippen LogP contribution in [0.2, 0.25) is 0 Å². The van der Waals surface area contributed by atoms with Crippen LogP contribution in [0, 0.1) is 13.8 Å². The largest absolute Gasteiger partial charge is 0.496 e. The van der Waals surface area contributed by atoms with Gasteiger partial charge in [0.2, 0.25) is 15.9 Å². The Balaban J connectivity index is 2.15. The van der Waals surface area contributed by atoms with Crippen LogP contribution in [-0.2, 0) is 14.8 Å². The molecule has 2 rings (SSSR count). The highest BCUT2D eigenvalue weighted by Gasteiger charge is 2.28. The zero-order valence-corrected chi connectivity index (χ0v) is 15.9. The Hall–Kier alpha value is -2.92. The van der Waals surface area contributed by atoms with Gasteiger partial charge in [-0.15, -0.1) is 0 Å². The summed E-state index contributed by atoms with van der Waals surface area (Å²) in [5, 5.41) is 15.2. The van der Waals surface area contributed by atoms with Crippen LogP contribution in [0.25, 0.3) is 0 Å². The molecule has 10 nitrogen and oxygen atoms in total. The lowest BCUT2D eigenvalue weighted by molar-refractivity contribution is -0.117. The standard InChI is InChI=1S/C16H19N3O7S/c1-8-14(10(3)26-18-8)27(23,24)19-9(2)15(20)17-11-5-6-12(16(21)22)13(7-11)25-4/h5-7,9,19H,1-4H3,(H,17,20)(H,21,22). The Kier molecular flexibility index (Phi) is 5.86. The van der Waals surface area contributed by atoms with Crippen LogP contribution in [0.1, 0.15) is 28.7 Å². The van der Waals surface area contributed by atoms with Crippen molar-refractivity contribution in [1.29, 1.82) is 0 Å². The molecule has 0 aliphatic heterocycles. The van der Waals surface area contributed by atoms with E-state index < -0.39 is 27.9 Å². The molecule has 0 aliphatic carbocycles. The lowest BCUT2D eigenvalue weighted by atomic mass is 10.1. The average molecular weight is 397 g/mol. The van der Waals surface area contributed by atoms with E-state index in [9.17, 15) is 18.0 Å². The van der Waals surface area contributed by atoms with Gasteiger partial charge in [-0.3, -0.25) is 4.79 Å². The number of nitrogens with one attached hydrogen (secondary N) is 2. The van der Waals surface area contributed by atoms with E-state index in [-0.39, 0.29) is 33.4 Å². The number of methoxy groups -OCH3 is 1. The number of hydrogen-bond donors (Lipinski definition) is 3. The highest BCUT2D eigenvalue weighted by molar-refractivity contribution is 7.89. The predicted molar refractivity (Wildman–Crippen MR) is 94.3 cm³/mol. The van der Waals surface area contributed by atoms with Crippen LogP contribution >= 0.6 is 0 Å². The van der Waals surface area contributed by atoms with Crippen molar-refractivity contribution in [2.24, 2.45) is 0 Å². The Morgan fingerprint density at radius 1 is 1.30 bits per heavy atom. The molecule has 0 bridgehead atoms. The van der Waals surface area contributed by atoms with Gasteiger partial charge in [0, 0.05) is 11.8 Å². The second-order valence-corrected chi connectivity index (χ2v) is 7.36. The fourth-order valence-electron chi connectivity index (χ4n) is 2.40. The molecular weight excluding hydrogens is 378 g/mol. The minimum atomic E-state index is -4.02. The molecule has 2 aromatic rings. The van der Waals surface area contributed by atoms with Crippen molar-refractivity contribution in [1.82, 2.24) is 9.88 Å². The van der Waals surface area contributed by atoms with Crippen LogP contribution in [0.15, 0.2) is 27.6 Å². The minimum absolute atomic E-state index is 0.0595. The Bertz CT molecular complexity index is 962. The highest BCUT2D eigenvalue weighted by Crippen LogP contribution is 2.23. The molecule has 27 heavy (non-hydrogen) atoms. The number of aromatic carboxylic acids is 1. The third kappa shape index (κ3) is 4.44. The molecule has 0 fully saturated rings. The summed E-state index contributed by atoms with van der Waals surface area (Å²) in [6.07, 6.45) is 0. The molecule has 11 heteroatoms. The van der Waals surface area contributed by atoms with Gasteiger partial charge in [-0.25, -0.2) is 13.2 Å². The van der Waals surface area contributed by atoms with Gasteiger partial charge < -0.3 is 19.7 Å². The number of benzene rings is 1. The average Bonchev–Trinajstić information content (AvgIpc) is 2.93. The summed E-state index contributed by atoms with van der Waals surface area (Å²) in [5.74, 6) is -1.65. The number of rotatable bonds is 7. The maximum atomic E-state index is 12.4. The van der Waals surface area contributed by atoms with E-state index in [1.165, 1.54) is 46.1 Å². The van der Waals surface area contributed by atoms with Crippen LogP contribution in [-0.4, -0.2) is 43.7 Å². The number of anilines is 1. The molecule has 1 aromatic carbocycles. The van der Waals surface area contributed by atoms with E-state index in [2.05, 4.69) is 15.2 Å². The number of ether oxygens (including phenoxy) is 1. The molecule has 1 unspecified atom stereocenters. The first-order valence-electron chi connectivity index (χ1n) is 7.74. The molecule has 0 aliphatic rings. The third-order valence-corrected chi connectivity index (χ3v) is 5.45. The maximum absolute atomic E-state index is 12.4. The van der Waals surface area contributed by atoms with Crippen molar-refractivity contribution in [3.05, 3.63) is 35.2 Å². The van der Waals surface area contributed by atoms with E-state index in [1.807, 2.05) is 0 Å². The molecule has 1 aromatic heterocycles. The quantitative estimate of drug-likeness (QED) is 0.633. The van der Waals surface area contributed by atoms with Gasteiger partial charge in [-0.2, -0.15) is 4.72 Å². The van der Waals surface area contributed by atoms with Gasteiger partial charge in [0.1, 0.15) is 21.9 Å². The predicted octanol–water partition coefficient (Wildman–Crippen LogP) is 1.30. The van der Waals surface area contributed by atoms with E-state index in [4.69, 9.17) is 14.4 Å².